The number of ether oxygens (including phenoxy) is 3. The lowest BCUT2D eigenvalue weighted by atomic mass is 9.65. The fourth-order valence-electron chi connectivity index (χ4n) is 6.08. The number of allylic oxidation sites excluding steroid dienone is 3. The summed E-state index contributed by atoms with van der Waals surface area (Å²) in [6, 6.07) is 0. The molecule has 2 unspecified atom stereocenters. The molecule has 0 N–H and O–H groups in total. The average molecular weight is 578 g/mol. The molecule has 3 rings (SSSR count). The number of rotatable bonds is 14. The first kappa shape index (κ1) is 32.6. The summed E-state index contributed by atoms with van der Waals surface area (Å²) in [4.78, 5) is 52.2. The van der Waals surface area contributed by atoms with Crippen molar-refractivity contribution < 1.29 is 38.5 Å². The molecule has 1 heterocycles. The zero-order chi connectivity index (χ0) is 30.2. The first-order chi connectivity index (χ1) is 19.4. The van der Waals surface area contributed by atoms with Gasteiger partial charge in [0.2, 0.25) is 0 Å². The summed E-state index contributed by atoms with van der Waals surface area (Å²) >= 11 is 0. The van der Waals surface area contributed by atoms with Crippen LogP contribution in [0.2, 0.25) is 0 Å². The van der Waals surface area contributed by atoms with Crippen molar-refractivity contribution in [1.82, 2.24) is 0 Å². The standard InChI is InChI=1S/C31H47NO9/c1-6-31(4,5)30(35)41-26-17-20(2)16-22-12-11-21(3)25(29(22)26)14-13-23-18-24(19-28(34)39-23)40-27(33)10-8-7-9-15-38-32(36)37/h11-12,16,20-21,23-26,29H,6-10,13-15,17-19H2,1-5H3/t20-,21-,23?,24?,25-,26-,29-/m0/s1. The number of nitrogens with zero attached hydrogens (tertiary/aromatic N) is 1. The Kier molecular flexibility index (Phi) is 11.8. The Morgan fingerprint density at radius 1 is 1.12 bits per heavy atom. The Morgan fingerprint density at radius 2 is 1.88 bits per heavy atom. The molecule has 0 spiro atoms. The molecule has 0 amide bonds. The topological polar surface area (TPSA) is 131 Å². The third-order valence-electron chi connectivity index (χ3n) is 8.85. The highest BCUT2D eigenvalue weighted by Gasteiger charge is 2.43. The van der Waals surface area contributed by atoms with Gasteiger partial charge in [-0.3, -0.25) is 14.4 Å². The molecule has 0 radical (unpaired) electrons. The molecule has 3 aliphatic rings. The van der Waals surface area contributed by atoms with Gasteiger partial charge in [0.25, 0.3) is 5.09 Å². The van der Waals surface area contributed by atoms with Crippen LogP contribution in [0, 0.1) is 39.2 Å². The largest absolute Gasteiger partial charge is 0.462 e. The monoisotopic (exact) mass is 577 g/mol. The zero-order valence-corrected chi connectivity index (χ0v) is 25.2. The Morgan fingerprint density at radius 3 is 2.59 bits per heavy atom. The van der Waals surface area contributed by atoms with Gasteiger partial charge in [-0.05, 0) is 75.7 Å². The minimum atomic E-state index is -0.828. The van der Waals surface area contributed by atoms with Crippen molar-refractivity contribution in [2.45, 2.75) is 117 Å². The van der Waals surface area contributed by atoms with Crippen molar-refractivity contribution in [2.24, 2.45) is 29.1 Å². The van der Waals surface area contributed by atoms with E-state index in [1.807, 2.05) is 20.8 Å². The molecule has 230 valence electrons. The van der Waals surface area contributed by atoms with Gasteiger partial charge in [-0.25, -0.2) is 0 Å². The van der Waals surface area contributed by atoms with Crippen molar-refractivity contribution in [3.63, 3.8) is 0 Å². The molecule has 0 aromatic carbocycles. The summed E-state index contributed by atoms with van der Waals surface area (Å²) in [6.07, 6.45) is 10.9. The van der Waals surface area contributed by atoms with Crippen LogP contribution in [-0.4, -0.2) is 47.9 Å². The molecule has 10 heteroatoms. The van der Waals surface area contributed by atoms with Crippen molar-refractivity contribution in [2.75, 3.05) is 6.61 Å². The molecule has 2 aliphatic carbocycles. The second kappa shape index (κ2) is 14.8. The van der Waals surface area contributed by atoms with Gasteiger partial charge in [-0.2, -0.15) is 0 Å². The smallest absolute Gasteiger partial charge is 0.311 e. The molecule has 10 nitrogen and oxygen atoms in total. The van der Waals surface area contributed by atoms with Crippen LogP contribution < -0.4 is 0 Å². The van der Waals surface area contributed by atoms with Crippen LogP contribution in [0.15, 0.2) is 23.8 Å². The van der Waals surface area contributed by atoms with Gasteiger partial charge < -0.3 is 19.0 Å². The van der Waals surface area contributed by atoms with Gasteiger partial charge in [0.1, 0.15) is 18.3 Å². The van der Waals surface area contributed by atoms with Crippen LogP contribution in [0.25, 0.3) is 0 Å². The molecule has 0 bridgehead atoms. The molecular formula is C31H47NO9. The summed E-state index contributed by atoms with van der Waals surface area (Å²) in [6.45, 7) is 10.2. The van der Waals surface area contributed by atoms with Gasteiger partial charge in [0.05, 0.1) is 18.4 Å². The van der Waals surface area contributed by atoms with Crippen LogP contribution in [0.3, 0.4) is 0 Å². The normalized spacial score (nSPS) is 29.5. The molecule has 0 saturated carbocycles. The average Bonchev–Trinajstić information content (AvgIpc) is 2.89. The van der Waals surface area contributed by atoms with Crippen LogP contribution in [0.4, 0.5) is 0 Å². The number of fused-ring (bicyclic) bond motifs is 1. The maximum atomic E-state index is 13.0. The molecule has 0 aromatic rings. The van der Waals surface area contributed by atoms with Gasteiger partial charge in [-0.1, -0.05) is 45.4 Å². The molecule has 7 atom stereocenters. The first-order valence-corrected chi connectivity index (χ1v) is 15.2. The maximum absolute atomic E-state index is 13.0. The quantitative estimate of drug-likeness (QED) is 0.0813. The highest BCUT2D eigenvalue weighted by Crippen LogP contribution is 2.45. The van der Waals surface area contributed by atoms with E-state index in [1.165, 1.54) is 5.57 Å². The van der Waals surface area contributed by atoms with Crippen LogP contribution in [0.1, 0.15) is 98.8 Å². The van der Waals surface area contributed by atoms with Crippen LogP contribution >= 0.6 is 0 Å². The van der Waals surface area contributed by atoms with E-state index in [1.54, 1.807) is 0 Å². The lowest BCUT2D eigenvalue weighted by molar-refractivity contribution is -0.757. The van der Waals surface area contributed by atoms with E-state index in [4.69, 9.17) is 14.2 Å². The number of carbonyl (C=O) groups excluding carboxylic acids is 3. The predicted octanol–water partition coefficient (Wildman–Crippen LogP) is 5.91. The predicted molar refractivity (Wildman–Crippen MR) is 151 cm³/mol. The Labute approximate surface area is 243 Å². The summed E-state index contributed by atoms with van der Waals surface area (Å²) < 4.78 is 17.5. The van der Waals surface area contributed by atoms with Crippen molar-refractivity contribution in [1.29, 1.82) is 0 Å². The maximum Gasteiger partial charge on any atom is 0.311 e. The van der Waals surface area contributed by atoms with Gasteiger partial charge >= 0.3 is 17.9 Å². The summed E-state index contributed by atoms with van der Waals surface area (Å²) in [5.41, 5.74) is 0.682. The fraction of sp³-hybridized carbons (Fsp3) is 0.774. The number of hydrogen-bond acceptors (Lipinski definition) is 9. The number of unbranched alkanes of at least 4 members (excludes halogenated alkanes) is 2. The van der Waals surface area contributed by atoms with E-state index in [0.717, 1.165) is 12.8 Å². The third-order valence-corrected chi connectivity index (χ3v) is 8.85. The summed E-state index contributed by atoms with van der Waals surface area (Å²) in [7, 11) is 0. The second-order valence-electron chi connectivity index (χ2n) is 12.6. The zero-order valence-electron chi connectivity index (χ0n) is 25.2. The molecule has 0 aromatic heterocycles. The number of cyclic esters (lactones) is 1. The van der Waals surface area contributed by atoms with Crippen molar-refractivity contribution >= 4 is 17.9 Å². The van der Waals surface area contributed by atoms with E-state index in [2.05, 4.69) is 36.9 Å². The fourth-order valence-corrected chi connectivity index (χ4v) is 6.08. The minimum Gasteiger partial charge on any atom is -0.462 e. The highest BCUT2D eigenvalue weighted by atomic mass is 16.9. The van der Waals surface area contributed by atoms with Gasteiger partial charge in [0, 0.05) is 18.8 Å². The molecular weight excluding hydrogens is 530 g/mol. The van der Waals surface area contributed by atoms with Crippen LogP contribution in [-0.2, 0) is 33.4 Å². The van der Waals surface area contributed by atoms with E-state index in [-0.39, 0.29) is 67.3 Å². The number of carbonyl (C=O) groups is 3. The van der Waals surface area contributed by atoms with Crippen LogP contribution in [0.5, 0.6) is 0 Å². The molecule has 1 aliphatic heterocycles. The first-order valence-electron chi connectivity index (χ1n) is 15.2. The van der Waals surface area contributed by atoms with Gasteiger partial charge in [0.15, 0.2) is 0 Å². The van der Waals surface area contributed by atoms with E-state index < -0.39 is 16.6 Å². The Hall–Kier alpha value is -2.91. The Bertz CT molecular complexity index is 1000. The Balaban J connectivity index is 1.56. The molecule has 1 saturated heterocycles. The van der Waals surface area contributed by atoms with E-state index >= 15 is 0 Å². The van der Waals surface area contributed by atoms with E-state index in [0.29, 0.717) is 44.4 Å². The molecule has 1 fully saturated rings. The van der Waals surface area contributed by atoms with Crippen molar-refractivity contribution in [3.05, 3.63) is 33.9 Å². The summed E-state index contributed by atoms with van der Waals surface area (Å²) in [5, 5.41) is 9.36. The van der Waals surface area contributed by atoms with Gasteiger partial charge in [-0.15, -0.1) is 10.1 Å². The lowest BCUT2D eigenvalue weighted by Gasteiger charge is -2.44. The van der Waals surface area contributed by atoms with E-state index in [9.17, 15) is 24.5 Å². The second-order valence-corrected chi connectivity index (χ2v) is 12.6. The highest BCUT2D eigenvalue weighted by molar-refractivity contribution is 5.76. The SMILES string of the molecule is CCC(C)(C)C(=O)O[C@H]1C[C@@H](C)C=C2C=C[C@H](C)[C@H](CCC3CC(OC(=O)CCCCCO[N+](=O)[O-])CC(=O)O3)[C@H]21. The van der Waals surface area contributed by atoms with Crippen molar-refractivity contribution in [3.8, 4) is 0 Å². The summed E-state index contributed by atoms with van der Waals surface area (Å²) in [5.74, 6) is -0.00576. The number of hydrogen-bond donors (Lipinski definition) is 0. The third kappa shape index (κ3) is 9.57. The minimum absolute atomic E-state index is 0.00463. The number of esters is 3. The lowest BCUT2D eigenvalue weighted by Crippen LogP contribution is -2.43. The molecule has 41 heavy (non-hydrogen) atoms.